The van der Waals surface area contributed by atoms with Gasteiger partial charge in [-0.1, -0.05) is 43.6 Å². The summed E-state index contributed by atoms with van der Waals surface area (Å²) < 4.78 is 6.31. The molecule has 0 radical (unpaired) electrons. The molecule has 3 saturated carbocycles. The van der Waals surface area contributed by atoms with E-state index in [1.54, 1.807) is 11.1 Å². The average Bonchev–Trinajstić information content (AvgIpc) is 3.57. The summed E-state index contributed by atoms with van der Waals surface area (Å²) in [5.41, 5.74) is 4.66. The van der Waals surface area contributed by atoms with Crippen molar-refractivity contribution in [1.29, 1.82) is 0 Å². The van der Waals surface area contributed by atoms with Gasteiger partial charge in [-0.25, -0.2) is 0 Å². The van der Waals surface area contributed by atoms with E-state index in [0.717, 1.165) is 24.2 Å². The maximum absolute atomic E-state index is 10.9. The molecule has 2 heteroatoms. The van der Waals surface area contributed by atoms with Crippen molar-refractivity contribution in [3.8, 4) is 0 Å². The lowest BCUT2D eigenvalue weighted by Crippen LogP contribution is -2.35. The van der Waals surface area contributed by atoms with Crippen LogP contribution in [0.4, 0.5) is 0 Å². The number of rotatable bonds is 5. The lowest BCUT2D eigenvalue weighted by Gasteiger charge is -2.39. The summed E-state index contributed by atoms with van der Waals surface area (Å²) in [7, 11) is 0. The van der Waals surface area contributed by atoms with E-state index in [0.29, 0.717) is 17.8 Å². The van der Waals surface area contributed by atoms with Gasteiger partial charge >= 0.3 is 0 Å². The Morgan fingerprint density at radius 2 is 1.63 bits per heavy atom. The molecule has 0 bridgehead atoms. The first-order valence-electron chi connectivity index (χ1n) is 13.0. The van der Waals surface area contributed by atoms with Gasteiger partial charge in [0.15, 0.2) is 6.29 Å². The van der Waals surface area contributed by atoms with E-state index in [1.165, 1.54) is 76.2 Å². The van der Waals surface area contributed by atoms with Crippen molar-refractivity contribution in [2.24, 2.45) is 35.5 Å². The molecule has 0 saturated heterocycles. The average molecular weight is 411 g/mol. The molecule has 0 heterocycles. The fourth-order valence-corrected chi connectivity index (χ4v) is 7.01. The normalized spacial score (nSPS) is 42.5. The highest BCUT2D eigenvalue weighted by Gasteiger charge is 2.49. The Kier molecular flexibility index (Phi) is 6.26. The molecule has 4 atom stereocenters. The quantitative estimate of drug-likeness (QED) is 0.497. The second-order valence-corrected chi connectivity index (χ2v) is 11.4. The smallest absolute Gasteiger partial charge is 0.157 e. The number of fused-ring (bicyclic) bond motifs is 1. The van der Waals surface area contributed by atoms with E-state index in [-0.39, 0.29) is 6.10 Å². The highest BCUT2D eigenvalue weighted by atomic mass is 16.6. The van der Waals surface area contributed by atoms with E-state index >= 15 is 0 Å². The molecular formula is C28H42O2. The molecule has 0 spiro atoms. The molecule has 5 aliphatic rings. The first-order valence-corrected chi connectivity index (χ1v) is 13.0. The number of hydrogen-bond acceptors (Lipinski definition) is 2. The number of hydrogen-bond donors (Lipinski definition) is 1. The van der Waals surface area contributed by atoms with E-state index in [1.807, 2.05) is 0 Å². The van der Waals surface area contributed by atoms with Crippen molar-refractivity contribution >= 4 is 0 Å². The van der Waals surface area contributed by atoms with Crippen molar-refractivity contribution in [3.63, 3.8) is 0 Å². The highest BCUT2D eigenvalue weighted by molar-refractivity contribution is 5.43. The van der Waals surface area contributed by atoms with Crippen LogP contribution in [0.2, 0.25) is 0 Å². The Hall–Kier alpha value is -0.860. The fourth-order valence-electron chi connectivity index (χ4n) is 7.01. The van der Waals surface area contributed by atoms with E-state index in [4.69, 9.17) is 4.74 Å². The monoisotopic (exact) mass is 410 g/mol. The Morgan fingerprint density at radius 1 is 0.933 bits per heavy atom. The van der Waals surface area contributed by atoms with Crippen LogP contribution in [-0.2, 0) is 4.74 Å². The van der Waals surface area contributed by atoms with Gasteiger partial charge in [0.1, 0.15) is 0 Å². The third-order valence-corrected chi connectivity index (χ3v) is 9.28. The molecule has 5 rings (SSSR count). The van der Waals surface area contributed by atoms with Crippen LogP contribution >= 0.6 is 0 Å². The molecule has 0 aromatic rings. The van der Waals surface area contributed by atoms with E-state index < -0.39 is 6.29 Å². The first kappa shape index (κ1) is 21.0. The Balaban J connectivity index is 1.10. The van der Waals surface area contributed by atoms with Crippen LogP contribution in [0.1, 0.15) is 90.9 Å². The zero-order valence-electron chi connectivity index (χ0n) is 19.2. The minimum Gasteiger partial charge on any atom is -0.368 e. The van der Waals surface area contributed by atoms with E-state index in [9.17, 15) is 5.11 Å². The zero-order chi connectivity index (χ0) is 20.7. The highest BCUT2D eigenvalue weighted by Crippen LogP contribution is 2.54. The van der Waals surface area contributed by atoms with Gasteiger partial charge in [0.05, 0.1) is 6.10 Å². The lowest BCUT2D eigenvalue weighted by molar-refractivity contribution is -0.178. The Bertz CT molecular complexity index is 700. The predicted octanol–water partition coefficient (Wildman–Crippen LogP) is 6.96. The minimum atomic E-state index is -0.544. The van der Waals surface area contributed by atoms with Crippen LogP contribution < -0.4 is 0 Å². The van der Waals surface area contributed by atoms with Crippen molar-refractivity contribution in [2.75, 3.05) is 0 Å². The molecule has 30 heavy (non-hydrogen) atoms. The van der Waals surface area contributed by atoms with Gasteiger partial charge in [-0.3, -0.25) is 0 Å². The topological polar surface area (TPSA) is 29.5 Å². The van der Waals surface area contributed by atoms with Crippen LogP contribution in [0, 0.1) is 35.5 Å². The van der Waals surface area contributed by atoms with Crippen LogP contribution in [-0.4, -0.2) is 17.5 Å². The summed E-state index contributed by atoms with van der Waals surface area (Å²) in [5, 5.41) is 10.9. The predicted molar refractivity (Wildman–Crippen MR) is 123 cm³/mol. The first-order chi connectivity index (χ1) is 14.6. The standard InChI is InChI=1S/C28H42O2/c1-18-3-7-20(8-4-18)21-11-13-23(14-12-21)28(29)30-27-16-15-24(25-17-26(25)27)22-9-5-19(2)6-10-22/h5,9,15,18,20-21,23,25-29H,3-4,6-8,10-14,16-17H2,1-2H3. The van der Waals surface area contributed by atoms with Gasteiger partial charge in [-0.15, -0.1) is 0 Å². The van der Waals surface area contributed by atoms with Crippen molar-refractivity contribution in [2.45, 2.75) is 103 Å². The summed E-state index contributed by atoms with van der Waals surface area (Å²) in [6.07, 6.45) is 22.2. The van der Waals surface area contributed by atoms with Gasteiger partial charge in [0, 0.05) is 5.92 Å². The van der Waals surface area contributed by atoms with Gasteiger partial charge in [-0.05, 0) is 112 Å². The molecule has 166 valence electrons. The van der Waals surface area contributed by atoms with Crippen molar-refractivity contribution < 1.29 is 9.84 Å². The molecule has 2 nitrogen and oxygen atoms in total. The maximum atomic E-state index is 10.9. The second kappa shape index (κ2) is 8.94. The number of aliphatic hydroxyl groups is 1. The van der Waals surface area contributed by atoms with Gasteiger partial charge in [-0.2, -0.15) is 0 Å². The van der Waals surface area contributed by atoms with Crippen LogP contribution in [0.5, 0.6) is 0 Å². The second-order valence-electron chi connectivity index (χ2n) is 11.4. The van der Waals surface area contributed by atoms with E-state index in [2.05, 4.69) is 32.1 Å². The fraction of sp³-hybridized carbons (Fsp3) is 0.786. The summed E-state index contributed by atoms with van der Waals surface area (Å²) >= 11 is 0. The maximum Gasteiger partial charge on any atom is 0.157 e. The molecular weight excluding hydrogens is 368 g/mol. The summed E-state index contributed by atoms with van der Waals surface area (Å²) in [5.74, 6) is 4.52. The number of allylic oxidation sites excluding steroid dienone is 5. The Morgan fingerprint density at radius 3 is 2.30 bits per heavy atom. The van der Waals surface area contributed by atoms with Crippen LogP contribution in [0.25, 0.3) is 0 Å². The molecule has 3 fully saturated rings. The number of aliphatic hydroxyl groups excluding tert-OH is 1. The largest absolute Gasteiger partial charge is 0.368 e. The number of ether oxygens (including phenoxy) is 1. The molecule has 5 aliphatic carbocycles. The Labute approximate surface area is 183 Å². The zero-order valence-corrected chi connectivity index (χ0v) is 19.2. The van der Waals surface area contributed by atoms with Crippen molar-refractivity contribution in [1.82, 2.24) is 0 Å². The molecule has 0 aliphatic heterocycles. The molecule has 0 aromatic carbocycles. The third-order valence-electron chi connectivity index (χ3n) is 9.28. The van der Waals surface area contributed by atoms with Crippen LogP contribution in [0.3, 0.4) is 0 Å². The summed E-state index contributed by atoms with van der Waals surface area (Å²) in [6.45, 7) is 4.65. The SMILES string of the molecule is CC1=CC=C(C2=CCC(OC(O)C3CCC(C4CCC(C)CC4)CC3)C3CC23)CC1. The molecule has 0 amide bonds. The lowest BCUT2D eigenvalue weighted by atomic mass is 9.69. The van der Waals surface area contributed by atoms with Gasteiger partial charge in [0.2, 0.25) is 0 Å². The molecule has 0 aromatic heterocycles. The molecule has 4 unspecified atom stereocenters. The minimum absolute atomic E-state index is 0.243. The molecule has 1 N–H and O–H groups in total. The summed E-state index contributed by atoms with van der Waals surface area (Å²) in [6, 6.07) is 0. The summed E-state index contributed by atoms with van der Waals surface area (Å²) in [4.78, 5) is 0. The third kappa shape index (κ3) is 4.51. The van der Waals surface area contributed by atoms with Crippen LogP contribution in [0.15, 0.2) is 34.9 Å². The van der Waals surface area contributed by atoms with Crippen molar-refractivity contribution in [3.05, 3.63) is 34.9 Å². The van der Waals surface area contributed by atoms with Gasteiger partial charge < -0.3 is 9.84 Å². The van der Waals surface area contributed by atoms with Gasteiger partial charge in [0.25, 0.3) is 0 Å².